The van der Waals surface area contributed by atoms with Crippen LogP contribution in [0.4, 0.5) is 5.13 Å². The number of aliphatic imine (C=N–C) groups is 1. The van der Waals surface area contributed by atoms with E-state index in [1.807, 2.05) is 18.0 Å². The van der Waals surface area contributed by atoms with Crippen LogP contribution in [-0.4, -0.2) is 71.0 Å². The summed E-state index contributed by atoms with van der Waals surface area (Å²) in [5, 5.41) is 4.44. The Morgan fingerprint density at radius 2 is 1.97 bits per heavy atom. The molecule has 1 atom stereocenters. The molecule has 7 heteroatoms. The SMILES string of the molecule is C=CN=C(SCC1CCCN(c2nccs2)C1)N1CCC(N2CCCCC2)CC1. The van der Waals surface area contributed by atoms with Crippen LogP contribution in [0.25, 0.3) is 0 Å². The van der Waals surface area contributed by atoms with Gasteiger partial charge in [0.15, 0.2) is 10.3 Å². The highest BCUT2D eigenvalue weighted by atomic mass is 32.2. The van der Waals surface area contributed by atoms with Crippen molar-refractivity contribution in [2.75, 3.05) is 49.9 Å². The van der Waals surface area contributed by atoms with Crippen molar-refractivity contribution in [1.82, 2.24) is 14.8 Å². The monoisotopic (exact) mass is 433 g/mol. The third-order valence-electron chi connectivity index (χ3n) is 6.50. The second-order valence-corrected chi connectivity index (χ2v) is 10.3. The lowest BCUT2D eigenvalue weighted by atomic mass is 10.0. The van der Waals surface area contributed by atoms with Crippen LogP contribution in [0.5, 0.6) is 0 Å². The molecule has 5 nitrogen and oxygen atoms in total. The van der Waals surface area contributed by atoms with Gasteiger partial charge in [-0.2, -0.15) is 0 Å². The standard InChI is InChI=1S/C22H35N5S2/c1-2-23-21(26-14-8-20(9-15-26)25-11-4-3-5-12-25)29-18-19-7-6-13-27(17-19)22-24-10-16-28-22/h2,10,16,19-20H,1,3-9,11-15,17-18H2. The van der Waals surface area contributed by atoms with Gasteiger partial charge in [0.1, 0.15) is 0 Å². The molecule has 0 aromatic carbocycles. The zero-order valence-electron chi connectivity index (χ0n) is 17.5. The molecule has 160 valence electrons. The van der Waals surface area contributed by atoms with E-state index in [-0.39, 0.29) is 0 Å². The third kappa shape index (κ3) is 5.76. The van der Waals surface area contributed by atoms with Crippen LogP contribution in [0.15, 0.2) is 29.3 Å². The van der Waals surface area contributed by atoms with Crippen molar-refractivity contribution >= 4 is 33.4 Å². The summed E-state index contributed by atoms with van der Waals surface area (Å²) in [6.45, 7) is 11.0. The number of anilines is 1. The molecule has 0 radical (unpaired) electrons. The summed E-state index contributed by atoms with van der Waals surface area (Å²) in [4.78, 5) is 16.9. The molecule has 3 aliphatic heterocycles. The van der Waals surface area contributed by atoms with Gasteiger partial charge in [-0.3, -0.25) is 0 Å². The quantitative estimate of drug-likeness (QED) is 0.503. The summed E-state index contributed by atoms with van der Waals surface area (Å²) in [6, 6.07) is 0.784. The van der Waals surface area contributed by atoms with Crippen LogP contribution in [0.1, 0.15) is 44.9 Å². The summed E-state index contributed by atoms with van der Waals surface area (Å²) in [5.41, 5.74) is 0. The molecule has 0 bridgehead atoms. The minimum absolute atomic E-state index is 0.707. The molecule has 3 aliphatic rings. The van der Waals surface area contributed by atoms with Crippen molar-refractivity contribution in [1.29, 1.82) is 0 Å². The molecule has 4 rings (SSSR count). The second-order valence-electron chi connectivity index (χ2n) is 8.49. The molecular weight excluding hydrogens is 398 g/mol. The molecular formula is C22H35N5S2. The Bertz CT molecular complexity index is 648. The van der Waals surface area contributed by atoms with Gasteiger partial charge in [-0.25, -0.2) is 9.98 Å². The third-order valence-corrected chi connectivity index (χ3v) is 8.59. The molecule has 0 aliphatic carbocycles. The average molecular weight is 434 g/mol. The Morgan fingerprint density at radius 1 is 1.14 bits per heavy atom. The van der Waals surface area contributed by atoms with Crippen LogP contribution in [0.2, 0.25) is 0 Å². The average Bonchev–Trinajstić information content (AvgIpc) is 3.33. The first-order chi connectivity index (χ1) is 14.3. The predicted octanol–water partition coefficient (Wildman–Crippen LogP) is 4.54. The summed E-state index contributed by atoms with van der Waals surface area (Å²) in [6.07, 6.45) is 13.0. The van der Waals surface area contributed by atoms with E-state index in [0.29, 0.717) is 5.92 Å². The van der Waals surface area contributed by atoms with E-state index in [2.05, 4.69) is 36.6 Å². The number of rotatable bonds is 5. The van der Waals surface area contributed by atoms with Gasteiger partial charge in [0.05, 0.1) is 0 Å². The summed E-state index contributed by atoms with van der Waals surface area (Å²) in [7, 11) is 0. The fraction of sp³-hybridized carbons (Fsp3) is 0.727. The zero-order valence-corrected chi connectivity index (χ0v) is 19.2. The van der Waals surface area contributed by atoms with Crippen molar-refractivity contribution in [2.24, 2.45) is 10.9 Å². The van der Waals surface area contributed by atoms with E-state index in [1.165, 1.54) is 68.3 Å². The number of thiazole rings is 1. The van der Waals surface area contributed by atoms with Gasteiger partial charge in [-0.15, -0.1) is 11.3 Å². The molecule has 1 unspecified atom stereocenters. The Balaban J connectivity index is 1.26. The Hall–Kier alpha value is -1.05. The van der Waals surface area contributed by atoms with Gasteiger partial charge in [0.2, 0.25) is 0 Å². The highest BCUT2D eigenvalue weighted by Crippen LogP contribution is 2.29. The van der Waals surface area contributed by atoms with E-state index >= 15 is 0 Å². The number of thioether (sulfide) groups is 1. The Labute approximate surface area is 184 Å². The van der Waals surface area contributed by atoms with Crippen molar-refractivity contribution in [3.63, 3.8) is 0 Å². The Kier molecular flexibility index (Phi) is 7.91. The number of aromatic nitrogens is 1. The fourth-order valence-corrected chi connectivity index (χ4v) is 6.78. The largest absolute Gasteiger partial charge is 0.351 e. The van der Waals surface area contributed by atoms with E-state index in [4.69, 9.17) is 0 Å². The van der Waals surface area contributed by atoms with Crippen LogP contribution < -0.4 is 4.90 Å². The summed E-state index contributed by atoms with van der Waals surface area (Å²) < 4.78 is 0. The summed E-state index contributed by atoms with van der Waals surface area (Å²) in [5.74, 6) is 1.85. The lowest BCUT2D eigenvalue weighted by Crippen LogP contribution is -2.47. The van der Waals surface area contributed by atoms with Crippen molar-refractivity contribution < 1.29 is 0 Å². The smallest absolute Gasteiger partial charge is 0.185 e. The van der Waals surface area contributed by atoms with Gasteiger partial charge < -0.3 is 14.7 Å². The molecule has 0 saturated carbocycles. The van der Waals surface area contributed by atoms with Crippen LogP contribution in [0.3, 0.4) is 0 Å². The number of piperidine rings is 3. The fourth-order valence-electron chi connectivity index (χ4n) is 4.93. The second kappa shape index (κ2) is 10.8. The maximum absolute atomic E-state index is 4.67. The molecule has 1 aromatic rings. The lowest BCUT2D eigenvalue weighted by Gasteiger charge is -2.41. The highest BCUT2D eigenvalue weighted by molar-refractivity contribution is 8.13. The van der Waals surface area contributed by atoms with E-state index in [9.17, 15) is 0 Å². The normalized spacial score (nSPS) is 25.4. The first kappa shape index (κ1) is 21.2. The van der Waals surface area contributed by atoms with E-state index < -0.39 is 0 Å². The lowest BCUT2D eigenvalue weighted by molar-refractivity contribution is 0.115. The Morgan fingerprint density at radius 3 is 2.69 bits per heavy atom. The molecule has 0 spiro atoms. The van der Waals surface area contributed by atoms with Crippen molar-refractivity contribution in [3.8, 4) is 0 Å². The van der Waals surface area contributed by atoms with Crippen molar-refractivity contribution in [2.45, 2.75) is 51.0 Å². The molecule has 4 heterocycles. The van der Waals surface area contributed by atoms with Gasteiger partial charge >= 0.3 is 0 Å². The topological polar surface area (TPSA) is 35.0 Å². The van der Waals surface area contributed by atoms with Crippen molar-refractivity contribution in [3.05, 3.63) is 24.4 Å². The van der Waals surface area contributed by atoms with Gasteiger partial charge in [0, 0.05) is 55.8 Å². The molecule has 0 amide bonds. The molecule has 0 N–H and O–H groups in total. The first-order valence-corrected chi connectivity index (χ1v) is 13.1. The predicted molar refractivity (Wildman–Crippen MR) is 127 cm³/mol. The number of likely N-dealkylation sites (tertiary alicyclic amines) is 2. The number of hydrogen-bond acceptors (Lipinski definition) is 6. The number of amidine groups is 1. The molecule has 3 saturated heterocycles. The first-order valence-electron chi connectivity index (χ1n) is 11.3. The van der Waals surface area contributed by atoms with Gasteiger partial charge in [0.25, 0.3) is 0 Å². The molecule has 3 fully saturated rings. The van der Waals surface area contributed by atoms with Gasteiger partial charge in [-0.05, 0) is 57.5 Å². The highest BCUT2D eigenvalue weighted by Gasteiger charge is 2.28. The minimum atomic E-state index is 0.707. The van der Waals surface area contributed by atoms with E-state index in [1.54, 1.807) is 17.5 Å². The maximum atomic E-state index is 4.67. The maximum Gasteiger partial charge on any atom is 0.185 e. The minimum Gasteiger partial charge on any atom is -0.351 e. The summed E-state index contributed by atoms with van der Waals surface area (Å²) >= 11 is 3.70. The van der Waals surface area contributed by atoms with E-state index in [0.717, 1.165) is 38.0 Å². The van der Waals surface area contributed by atoms with Gasteiger partial charge in [-0.1, -0.05) is 24.8 Å². The molecule has 29 heavy (non-hydrogen) atoms. The zero-order chi connectivity index (χ0) is 19.9. The number of nitrogens with zero attached hydrogens (tertiary/aromatic N) is 5. The van der Waals surface area contributed by atoms with Crippen LogP contribution >= 0.6 is 23.1 Å². The van der Waals surface area contributed by atoms with Crippen LogP contribution in [-0.2, 0) is 0 Å². The van der Waals surface area contributed by atoms with Crippen LogP contribution in [0, 0.1) is 5.92 Å². The molecule has 1 aromatic heterocycles. The number of hydrogen-bond donors (Lipinski definition) is 0.